The predicted octanol–water partition coefficient (Wildman–Crippen LogP) is 2.45. The van der Waals surface area contributed by atoms with Crippen LogP contribution < -0.4 is 4.74 Å². The minimum absolute atomic E-state index is 0.846. The van der Waals surface area contributed by atoms with Gasteiger partial charge in [0.1, 0.15) is 5.75 Å². The first kappa shape index (κ1) is 10.7. The lowest BCUT2D eigenvalue weighted by atomic mass is 10.2. The largest absolute Gasteiger partial charge is 0.496 e. The number of rotatable bonds is 2. The van der Waals surface area contributed by atoms with Crippen LogP contribution in [0, 0.1) is 0 Å². The van der Waals surface area contributed by atoms with Gasteiger partial charge in [-0.2, -0.15) is 0 Å². The van der Waals surface area contributed by atoms with Gasteiger partial charge >= 0.3 is 0 Å². The number of methoxy groups -OCH3 is 1. The highest BCUT2D eigenvalue weighted by molar-refractivity contribution is 7.99. The van der Waals surface area contributed by atoms with Crippen LogP contribution in [0.15, 0.2) is 29.4 Å². The van der Waals surface area contributed by atoms with Gasteiger partial charge in [0, 0.05) is 12.3 Å². The molecule has 0 bridgehead atoms. The third-order valence-corrected chi connectivity index (χ3v) is 3.87. The number of ether oxygens (including phenoxy) is 1. The van der Waals surface area contributed by atoms with Gasteiger partial charge in [-0.05, 0) is 18.6 Å². The van der Waals surface area contributed by atoms with Crippen molar-refractivity contribution in [1.82, 2.24) is 14.8 Å². The van der Waals surface area contributed by atoms with E-state index in [-0.39, 0.29) is 0 Å². The van der Waals surface area contributed by atoms with Crippen molar-refractivity contribution in [3.63, 3.8) is 0 Å². The first-order valence-corrected chi connectivity index (χ1v) is 6.58. The fourth-order valence-corrected chi connectivity index (χ4v) is 2.90. The third kappa shape index (κ3) is 1.80. The van der Waals surface area contributed by atoms with Crippen molar-refractivity contribution in [3.8, 4) is 17.1 Å². The van der Waals surface area contributed by atoms with Crippen LogP contribution >= 0.6 is 11.8 Å². The number of aromatic nitrogens is 3. The summed E-state index contributed by atoms with van der Waals surface area (Å²) in [4.78, 5) is 0. The Hall–Kier alpha value is -1.49. The van der Waals surface area contributed by atoms with Crippen molar-refractivity contribution in [3.05, 3.63) is 24.3 Å². The summed E-state index contributed by atoms with van der Waals surface area (Å²) in [6, 6.07) is 7.93. The highest BCUT2D eigenvalue weighted by Crippen LogP contribution is 2.32. The standard InChI is InChI=1S/C12H13N3OS/c1-16-10-6-3-2-5-9(10)11-13-14-12-15(11)7-4-8-17-12/h2-3,5-6H,4,7-8H2,1H3. The average molecular weight is 247 g/mol. The zero-order chi connectivity index (χ0) is 11.7. The van der Waals surface area contributed by atoms with E-state index >= 15 is 0 Å². The number of hydrogen-bond donors (Lipinski definition) is 0. The van der Waals surface area contributed by atoms with E-state index in [9.17, 15) is 0 Å². The number of para-hydroxylation sites is 1. The molecular formula is C12H13N3OS. The predicted molar refractivity (Wildman–Crippen MR) is 67.4 cm³/mol. The first-order chi connectivity index (χ1) is 8.40. The van der Waals surface area contributed by atoms with Crippen LogP contribution in [0.2, 0.25) is 0 Å². The summed E-state index contributed by atoms with van der Waals surface area (Å²) in [5.41, 5.74) is 1.01. The molecule has 3 rings (SSSR count). The van der Waals surface area contributed by atoms with E-state index in [0.717, 1.165) is 41.0 Å². The van der Waals surface area contributed by atoms with E-state index < -0.39 is 0 Å². The maximum atomic E-state index is 5.37. The van der Waals surface area contributed by atoms with Crippen LogP contribution in [-0.4, -0.2) is 27.6 Å². The van der Waals surface area contributed by atoms with E-state index in [0.29, 0.717) is 0 Å². The van der Waals surface area contributed by atoms with Gasteiger partial charge < -0.3 is 9.30 Å². The Kier molecular flexibility index (Phi) is 2.76. The zero-order valence-electron chi connectivity index (χ0n) is 9.59. The summed E-state index contributed by atoms with van der Waals surface area (Å²) in [5, 5.41) is 9.53. The zero-order valence-corrected chi connectivity index (χ0v) is 10.4. The van der Waals surface area contributed by atoms with Crippen molar-refractivity contribution < 1.29 is 4.74 Å². The molecule has 2 heterocycles. The van der Waals surface area contributed by atoms with Crippen LogP contribution in [-0.2, 0) is 6.54 Å². The van der Waals surface area contributed by atoms with Crippen LogP contribution in [0.3, 0.4) is 0 Å². The van der Waals surface area contributed by atoms with Gasteiger partial charge in [-0.25, -0.2) is 0 Å². The molecule has 0 aliphatic carbocycles. The Labute approximate surface area is 104 Å². The van der Waals surface area contributed by atoms with Gasteiger partial charge in [-0.3, -0.25) is 0 Å². The fraction of sp³-hybridized carbons (Fsp3) is 0.333. The molecule has 1 aliphatic heterocycles. The quantitative estimate of drug-likeness (QED) is 0.817. The summed E-state index contributed by atoms with van der Waals surface area (Å²) in [7, 11) is 1.68. The molecule has 17 heavy (non-hydrogen) atoms. The Morgan fingerprint density at radius 2 is 2.18 bits per heavy atom. The van der Waals surface area contributed by atoms with Gasteiger partial charge in [0.05, 0.1) is 12.7 Å². The van der Waals surface area contributed by atoms with Gasteiger partial charge in [0.25, 0.3) is 0 Å². The van der Waals surface area contributed by atoms with Gasteiger partial charge in [-0.1, -0.05) is 23.9 Å². The number of hydrogen-bond acceptors (Lipinski definition) is 4. The van der Waals surface area contributed by atoms with E-state index in [4.69, 9.17) is 4.74 Å². The van der Waals surface area contributed by atoms with Gasteiger partial charge in [0.2, 0.25) is 0 Å². The lowest BCUT2D eigenvalue weighted by Gasteiger charge is -2.15. The average Bonchev–Trinajstić information content (AvgIpc) is 2.82. The Morgan fingerprint density at radius 1 is 1.29 bits per heavy atom. The Balaban J connectivity index is 2.12. The molecule has 0 radical (unpaired) electrons. The molecule has 0 N–H and O–H groups in total. The number of benzene rings is 1. The van der Waals surface area contributed by atoms with Crippen LogP contribution in [0.25, 0.3) is 11.4 Å². The SMILES string of the molecule is COc1ccccc1-c1nnc2n1CCCS2. The second-order valence-corrected chi connectivity index (χ2v) is 4.92. The summed E-state index contributed by atoms with van der Waals surface area (Å²) < 4.78 is 7.54. The molecule has 0 unspecified atom stereocenters. The molecule has 0 saturated heterocycles. The lowest BCUT2D eigenvalue weighted by molar-refractivity contribution is 0.415. The molecule has 1 aromatic carbocycles. The summed E-state index contributed by atoms with van der Waals surface area (Å²) >= 11 is 1.77. The normalized spacial score (nSPS) is 14.4. The second-order valence-electron chi connectivity index (χ2n) is 3.86. The molecule has 88 valence electrons. The Morgan fingerprint density at radius 3 is 3.06 bits per heavy atom. The maximum absolute atomic E-state index is 5.37. The van der Waals surface area contributed by atoms with Crippen molar-refractivity contribution in [2.75, 3.05) is 12.9 Å². The summed E-state index contributed by atoms with van der Waals surface area (Å²) in [6.45, 7) is 0.989. The van der Waals surface area contributed by atoms with Crippen LogP contribution in [0.4, 0.5) is 0 Å². The highest BCUT2D eigenvalue weighted by Gasteiger charge is 2.19. The topological polar surface area (TPSA) is 39.9 Å². The lowest BCUT2D eigenvalue weighted by Crippen LogP contribution is -2.08. The molecule has 0 saturated carbocycles. The van der Waals surface area contributed by atoms with Crippen molar-refractivity contribution in [1.29, 1.82) is 0 Å². The molecular weight excluding hydrogens is 234 g/mol. The number of fused-ring (bicyclic) bond motifs is 1. The summed E-state index contributed by atoms with van der Waals surface area (Å²) in [5.74, 6) is 2.88. The van der Waals surface area contributed by atoms with Crippen LogP contribution in [0.1, 0.15) is 6.42 Å². The van der Waals surface area contributed by atoms with E-state index in [2.05, 4.69) is 14.8 Å². The smallest absolute Gasteiger partial charge is 0.191 e. The van der Waals surface area contributed by atoms with Crippen LogP contribution in [0.5, 0.6) is 5.75 Å². The molecule has 1 aromatic heterocycles. The number of thioether (sulfide) groups is 1. The Bertz CT molecular complexity index is 538. The molecule has 4 nitrogen and oxygen atoms in total. The molecule has 0 spiro atoms. The third-order valence-electron chi connectivity index (χ3n) is 2.82. The molecule has 0 amide bonds. The van der Waals surface area contributed by atoms with Gasteiger partial charge in [0.15, 0.2) is 11.0 Å². The molecule has 1 aliphatic rings. The minimum atomic E-state index is 0.846. The molecule has 2 aromatic rings. The van der Waals surface area contributed by atoms with Crippen molar-refractivity contribution in [2.45, 2.75) is 18.1 Å². The first-order valence-electron chi connectivity index (χ1n) is 5.59. The maximum Gasteiger partial charge on any atom is 0.191 e. The van der Waals surface area contributed by atoms with E-state index in [1.54, 1.807) is 18.9 Å². The van der Waals surface area contributed by atoms with Gasteiger partial charge in [-0.15, -0.1) is 10.2 Å². The molecule has 0 atom stereocenters. The summed E-state index contributed by atoms with van der Waals surface area (Å²) in [6.07, 6.45) is 1.16. The number of nitrogens with zero attached hydrogens (tertiary/aromatic N) is 3. The molecule has 5 heteroatoms. The van der Waals surface area contributed by atoms with Crippen molar-refractivity contribution in [2.24, 2.45) is 0 Å². The fourth-order valence-electron chi connectivity index (χ4n) is 2.01. The molecule has 0 fully saturated rings. The monoisotopic (exact) mass is 247 g/mol. The highest BCUT2D eigenvalue weighted by atomic mass is 32.2. The minimum Gasteiger partial charge on any atom is -0.496 e. The van der Waals surface area contributed by atoms with E-state index in [1.807, 2.05) is 24.3 Å². The van der Waals surface area contributed by atoms with E-state index in [1.165, 1.54) is 0 Å². The second kappa shape index (κ2) is 4.41. The van der Waals surface area contributed by atoms with Crippen molar-refractivity contribution >= 4 is 11.8 Å².